The molecule has 1 fully saturated rings. The molecule has 29 heavy (non-hydrogen) atoms. The van der Waals surface area contributed by atoms with Gasteiger partial charge in [0, 0.05) is 23.7 Å². The number of nitrogens with zero attached hydrogens (tertiary/aromatic N) is 3. The van der Waals surface area contributed by atoms with Crippen LogP contribution in [0.15, 0.2) is 40.5 Å². The summed E-state index contributed by atoms with van der Waals surface area (Å²) in [6, 6.07) is 10.8. The zero-order chi connectivity index (χ0) is 21.0. The van der Waals surface area contributed by atoms with Crippen LogP contribution in [0.1, 0.15) is 54.9 Å². The molecule has 3 unspecified atom stereocenters. The molecule has 3 atom stereocenters. The van der Waals surface area contributed by atoms with Crippen molar-refractivity contribution >= 4 is 17.5 Å². The summed E-state index contributed by atoms with van der Waals surface area (Å²) in [7, 11) is 0. The van der Waals surface area contributed by atoms with E-state index in [0.29, 0.717) is 41.1 Å². The molecule has 2 N–H and O–H groups in total. The first-order valence-corrected chi connectivity index (χ1v) is 9.70. The predicted molar refractivity (Wildman–Crippen MR) is 108 cm³/mol. The molecule has 148 valence electrons. The standard InChI is InChI=1S/C22H23N5O2/c1-13-17(11-23)20(18(12-24)14(2)26-13)15-6-5-7-16(10-15)21(28)27-19-8-3-4-9-25-22(19)29/h5-7,10,17,19-20H,3-4,8-9H2,1-2H3,(H,25,29)(H,27,28). The Morgan fingerprint density at radius 3 is 2.79 bits per heavy atom. The number of carbonyl (C=O) groups is 2. The number of aliphatic imine (C=N–C) groups is 1. The molecule has 2 aliphatic heterocycles. The van der Waals surface area contributed by atoms with Crippen molar-refractivity contribution in [3.8, 4) is 12.1 Å². The highest BCUT2D eigenvalue weighted by Crippen LogP contribution is 2.38. The number of hydrogen-bond acceptors (Lipinski definition) is 5. The zero-order valence-electron chi connectivity index (χ0n) is 16.5. The Labute approximate surface area is 170 Å². The van der Waals surface area contributed by atoms with Crippen LogP contribution in [-0.2, 0) is 4.79 Å². The van der Waals surface area contributed by atoms with E-state index in [9.17, 15) is 20.1 Å². The molecule has 0 aliphatic carbocycles. The van der Waals surface area contributed by atoms with Crippen molar-refractivity contribution in [2.45, 2.75) is 45.1 Å². The number of nitrogens with one attached hydrogen (secondary N) is 2. The molecule has 1 aromatic carbocycles. The number of nitriles is 2. The highest BCUT2D eigenvalue weighted by atomic mass is 16.2. The van der Waals surface area contributed by atoms with E-state index in [0.717, 1.165) is 12.8 Å². The van der Waals surface area contributed by atoms with Gasteiger partial charge in [0.05, 0.1) is 29.3 Å². The summed E-state index contributed by atoms with van der Waals surface area (Å²) in [5.74, 6) is -1.56. The van der Waals surface area contributed by atoms with Gasteiger partial charge in [-0.1, -0.05) is 12.1 Å². The summed E-state index contributed by atoms with van der Waals surface area (Å²) in [6.45, 7) is 4.16. The summed E-state index contributed by atoms with van der Waals surface area (Å²) in [5, 5.41) is 24.9. The summed E-state index contributed by atoms with van der Waals surface area (Å²) in [4.78, 5) is 29.2. The number of hydrogen-bond donors (Lipinski definition) is 2. The molecule has 2 amide bonds. The minimum atomic E-state index is -0.570. The summed E-state index contributed by atoms with van der Waals surface area (Å²) in [5.41, 5.74) is 2.78. The summed E-state index contributed by atoms with van der Waals surface area (Å²) >= 11 is 0. The van der Waals surface area contributed by atoms with Crippen molar-refractivity contribution in [2.24, 2.45) is 10.9 Å². The minimum Gasteiger partial charge on any atom is -0.354 e. The van der Waals surface area contributed by atoms with Crippen molar-refractivity contribution < 1.29 is 9.59 Å². The van der Waals surface area contributed by atoms with Gasteiger partial charge >= 0.3 is 0 Å². The molecule has 0 radical (unpaired) electrons. The Hall–Kier alpha value is -3.45. The van der Waals surface area contributed by atoms with Gasteiger partial charge in [-0.15, -0.1) is 0 Å². The first-order chi connectivity index (χ1) is 14.0. The molecule has 0 aromatic heterocycles. The third-order valence-electron chi connectivity index (χ3n) is 5.44. The summed E-state index contributed by atoms with van der Waals surface area (Å²) < 4.78 is 0. The summed E-state index contributed by atoms with van der Waals surface area (Å²) in [6.07, 6.45) is 2.37. The van der Waals surface area contributed by atoms with E-state index in [-0.39, 0.29) is 11.8 Å². The predicted octanol–water partition coefficient (Wildman–Crippen LogP) is 2.58. The fourth-order valence-electron chi connectivity index (χ4n) is 3.90. The second-order valence-corrected chi connectivity index (χ2v) is 7.39. The quantitative estimate of drug-likeness (QED) is 0.826. The van der Waals surface area contributed by atoms with Gasteiger partial charge in [0.1, 0.15) is 6.04 Å². The van der Waals surface area contributed by atoms with E-state index in [1.54, 1.807) is 32.0 Å². The van der Waals surface area contributed by atoms with E-state index >= 15 is 0 Å². The molecule has 2 heterocycles. The van der Waals surface area contributed by atoms with Crippen LogP contribution in [-0.4, -0.2) is 30.1 Å². The Kier molecular flexibility index (Phi) is 6.09. The van der Waals surface area contributed by atoms with E-state index < -0.39 is 17.9 Å². The van der Waals surface area contributed by atoms with E-state index in [1.165, 1.54) is 0 Å². The first kappa shape index (κ1) is 20.3. The molecular formula is C22H23N5O2. The van der Waals surface area contributed by atoms with Crippen molar-refractivity contribution in [3.05, 3.63) is 46.7 Å². The minimum absolute atomic E-state index is 0.166. The Morgan fingerprint density at radius 1 is 1.28 bits per heavy atom. The Morgan fingerprint density at radius 2 is 2.07 bits per heavy atom. The smallest absolute Gasteiger partial charge is 0.251 e. The van der Waals surface area contributed by atoms with Gasteiger partial charge in [0.2, 0.25) is 5.91 Å². The Balaban J connectivity index is 1.90. The van der Waals surface area contributed by atoms with E-state index in [4.69, 9.17) is 0 Å². The van der Waals surface area contributed by atoms with Crippen LogP contribution >= 0.6 is 0 Å². The van der Waals surface area contributed by atoms with Crippen molar-refractivity contribution in [1.82, 2.24) is 10.6 Å². The molecule has 7 heteroatoms. The van der Waals surface area contributed by atoms with Crippen LogP contribution in [0, 0.1) is 28.6 Å². The normalized spacial score (nSPS) is 24.5. The van der Waals surface area contributed by atoms with Crippen LogP contribution in [0.3, 0.4) is 0 Å². The highest BCUT2D eigenvalue weighted by Gasteiger charge is 2.34. The van der Waals surface area contributed by atoms with Gasteiger partial charge in [-0.2, -0.15) is 10.5 Å². The highest BCUT2D eigenvalue weighted by molar-refractivity contribution is 5.98. The molecule has 0 spiro atoms. The van der Waals surface area contributed by atoms with Gasteiger partial charge in [-0.05, 0) is 50.8 Å². The first-order valence-electron chi connectivity index (χ1n) is 9.70. The van der Waals surface area contributed by atoms with Crippen molar-refractivity contribution in [1.29, 1.82) is 10.5 Å². The molecule has 1 saturated heterocycles. The van der Waals surface area contributed by atoms with E-state index in [2.05, 4.69) is 27.8 Å². The van der Waals surface area contributed by atoms with Crippen LogP contribution in [0.2, 0.25) is 0 Å². The van der Waals surface area contributed by atoms with Crippen LogP contribution in [0.25, 0.3) is 0 Å². The SMILES string of the molecule is CC1=NC(C)=C(C#N)C(c2cccc(C(=O)NC3CCCCNC3=O)c2)C1C#N. The van der Waals surface area contributed by atoms with Crippen LogP contribution < -0.4 is 10.6 Å². The zero-order valence-corrected chi connectivity index (χ0v) is 16.5. The number of allylic oxidation sites excluding steroid dienone is 2. The molecule has 1 aromatic rings. The topological polar surface area (TPSA) is 118 Å². The number of amides is 2. The number of carbonyl (C=O) groups excluding carboxylic acids is 2. The lowest BCUT2D eigenvalue weighted by Gasteiger charge is -2.27. The average molecular weight is 389 g/mol. The van der Waals surface area contributed by atoms with Gasteiger partial charge in [-0.25, -0.2) is 0 Å². The van der Waals surface area contributed by atoms with Gasteiger partial charge < -0.3 is 10.6 Å². The van der Waals surface area contributed by atoms with Gasteiger partial charge in [0.15, 0.2) is 0 Å². The number of benzene rings is 1. The lowest BCUT2D eigenvalue weighted by Crippen LogP contribution is -2.45. The number of rotatable bonds is 3. The second-order valence-electron chi connectivity index (χ2n) is 7.39. The van der Waals surface area contributed by atoms with Crippen molar-refractivity contribution in [3.63, 3.8) is 0 Å². The molecule has 3 rings (SSSR count). The lowest BCUT2D eigenvalue weighted by atomic mass is 9.76. The average Bonchev–Trinajstić information content (AvgIpc) is 2.91. The maximum atomic E-state index is 12.8. The third-order valence-corrected chi connectivity index (χ3v) is 5.44. The fourth-order valence-corrected chi connectivity index (χ4v) is 3.90. The maximum absolute atomic E-state index is 12.8. The fraction of sp³-hybridized carbons (Fsp3) is 0.409. The molecular weight excluding hydrogens is 366 g/mol. The molecule has 7 nitrogen and oxygen atoms in total. The molecule has 0 bridgehead atoms. The Bertz CT molecular complexity index is 980. The van der Waals surface area contributed by atoms with Crippen LogP contribution in [0.5, 0.6) is 0 Å². The van der Waals surface area contributed by atoms with Crippen molar-refractivity contribution in [2.75, 3.05) is 6.54 Å². The van der Waals surface area contributed by atoms with Crippen LogP contribution in [0.4, 0.5) is 0 Å². The largest absolute Gasteiger partial charge is 0.354 e. The van der Waals surface area contributed by atoms with Gasteiger partial charge in [-0.3, -0.25) is 14.6 Å². The monoisotopic (exact) mass is 389 g/mol. The van der Waals surface area contributed by atoms with Gasteiger partial charge in [0.25, 0.3) is 5.91 Å². The van der Waals surface area contributed by atoms with E-state index in [1.807, 2.05) is 6.07 Å². The third kappa shape index (κ3) is 4.20. The molecule has 2 aliphatic rings. The molecule has 0 saturated carbocycles. The second kappa shape index (κ2) is 8.70. The maximum Gasteiger partial charge on any atom is 0.251 e. The lowest BCUT2D eigenvalue weighted by molar-refractivity contribution is -0.122.